The summed E-state index contributed by atoms with van der Waals surface area (Å²) in [4.78, 5) is 13.0. The number of amides is 1. The first-order chi connectivity index (χ1) is 13.3. The van der Waals surface area contributed by atoms with Crippen LogP contribution in [0.4, 0.5) is 0 Å². The molecule has 5 nitrogen and oxygen atoms in total. The second-order valence-corrected chi connectivity index (χ2v) is 14.1. The Balaban J connectivity index is 1.21. The molecule has 1 aromatic rings. The normalized spacial score (nSPS) is 36.0. The van der Waals surface area contributed by atoms with Crippen LogP contribution in [0.3, 0.4) is 0 Å². The zero-order valence-corrected chi connectivity index (χ0v) is 19.1. The number of thiophene rings is 1. The van der Waals surface area contributed by atoms with Crippen LogP contribution in [-0.2, 0) is 14.8 Å². The SMILES string of the molecule is O=C(NC12CC3CC(CC(C3)C1)C2)C1CCN(S(=O)(=O)c2ccc(Br)s2)CC1. The standard InChI is InChI=1S/C20H27BrN2O3S2/c21-17-1-2-18(27-17)28(25,26)23-5-3-16(4-6-23)19(24)22-20-10-13-7-14(11-20)9-15(8-13)12-20/h1-2,13-16H,3-12H2,(H,22,24). The summed E-state index contributed by atoms with van der Waals surface area (Å²) in [7, 11) is -3.44. The fourth-order valence-electron chi connectivity index (χ4n) is 6.55. The van der Waals surface area contributed by atoms with Gasteiger partial charge >= 0.3 is 0 Å². The minimum absolute atomic E-state index is 0.0400. The minimum atomic E-state index is -3.44. The van der Waals surface area contributed by atoms with Crippen molar-refractivity contribution in [2.24, 2.45) is 23.7 Å². The fourth-order valence-corrected chi connectivity index (χ4v) is 10.2. The van der Waals surface area contributed by atoms with Crippen LogP contribution in [0.5, 0.6) is 0 Å². The first kappa shape index (κ1) is 19.5. The predicted octanol–water partition coefficient (Wildman–Crippen LogP) is 4.00. The summed E-state index contributed by atoms with van der Waals surface area (Å²) in [5.74, 6) is 2.53. The fraction of sp³-hybridized carbons (Fsp3) is 0.750. The quantitative estimate of drug-likeness (QED) is 0.699. The molecule has 0 atom stereocenters. The molecule has 28 heavy (non-hydrogen) atoms. The first-order valence-electron chi connectivity index (χ1n) is 10.4. The van der Waals surface area contributed by atoms with Gasteiger partial charge in [0.25, 0.3) is 10.0 Å². The summed E-state index contributed by atoms with van der Waals surface area (Å²) in [6.45, 7) is 0.855. The molecule has 1 N–H and O–H groups in total. The number of nitrogens with one attached hydrogen (secondary N) is 1. The third kappa shape index (κ3) is 3.48. The third-order valence-electron chi connectivity index (χ3n) is 7.39. The second-order valence-electron chi connectivity index (χ2n) is 9.42. The van der Waals surface area contributed by atoms with Crippen LogP contribution in [0.1, 0.15) is 51.4 Å². The van der Waals surface area contributed by atoms with E-state index in [1.807, 2.05) is 0 Å². The number of piperidine rings is 1. The van der Waals surface area contributed by atoms with Gasteiger partial charge in [0, 0.05) is 24.5 Å². The van der Waals surface area contributed by atoms with E-state index in [4.69, 9.17) is 0 Å². The highest BCUT2D eigenvalue weighted by Gasteiger charge is 2.52. The van der Waals surface area contributed by atoms with Crippen molar-refractivity contribution < 1.29 is 13.2 Å². The largest absolute Gasteiger partial charge is 0.350 e. The Labute approximate surface area is 179 Å². The van der Waals surface area contributed by atoms with Crippen molar-refractivity contribution in [2.45, 2.75) is 61.1 Å². The molecule has 1 amide bonds. The minimum Gasteiger partial charge on any atom is -0.350 e. The number of rotatable bonds is 4. The molecule has 5 aliphatic rings. The lowest BCUT2D eigenvalue weighted by molar-refractivity contribution is -0.132. The summed E-state index contributed by atoms with van der Waals surface area (Å²) in [6, 6.07) is 3.42. The molecular formula is C20H27BrN2O3S2. The van der Waals surface area contributed by atoms with E-state index in [1.54, 1.807) is 16.4 Å². The van der Waals surface area contributed by atoms with Crippen LogP contribution < -0.4 is 5.32 Å². The van der Waals surface area contributed by atoms with Gasteiger partial charge in [-0.05, 0) is 97.2 Å². The molecule has 0 aromatic carbocycles. The molecular weight excluding hydrogens is 460 g/mol. The van der Waals surface area contributed by atoms with Crippen LogP contribution in [0.2, 0.25) is 0 Å². The average molecular weight is 487 g/mol. The van der Waals surface area contributed by atoms with Crippen molar-refractivity contribution in [1.82, 2.24) is 9.62 Å². The number of hydrogen-bond donors (Lipinski definition) is 1. The van der Waals surface area contributed by atoms with E-state index in [0.29, 0.717) is 30.1 Å². The molecule has 6 rings (SSSR count). The lowest BCUT2D eigenvalue weighted by Crippen LogP contribution is -2.61. The van der Waals surface area contributed by atoms with Crippen LogP contribution in [0.25, 0.3) is 0 Å². The smallest absolute Gasteiger partial charge is 0.252 e. The van der Waals surface area contributed by atoms with E-state index in [0.717, 1.165) is 40.8 Å². The highest BCUT2D eigenvalue weighted by molar-refractivity contribution is 9.11. The van der Waals surface area contributed by atoms with Gasteiger partial charge in [0.05, 0.1) is 3.79 Å². The molecule has 0 unspecified atom stereocenters. The van der Waals surface area contributed by atoms with Gasteiger partial charge in [-0.15, -0.1) is 11.3 Å². The zero-order valence-electron chi connectivity index (χ0n) is 15.9. The maximum Gasteiger partial charge on any atom is 0.252 e. The predicted molar refractivity (Wildman–Crippen MR) is 113 cm³/mol. The second kappa shape index (κ2) is 7.06. The lowest BCUT2D eigenvalue weighted by atomic mass is 9.53. The van der Waals surface area contributed by atoms with Crippen LogP contribution >= 0.6 is 27.3 Å². The Bertz CT molecular complexity index is 838. The molecule has 0 spiro atoms. The summed E-state index contributed by atoms with van der Waals surface area (Å²) >= 11 is 4.57. The molecule has 4 bridgehead atoms. The van der Waals surface area contributed by atoms with E-state index in [9.17, 15) is 13.2 Å². The highest BCUT2D eigenvalue weighted by Crippen LogP contribution is 2.55. The van der Waals surface area contributed by atoms with Gasteiger partial charge in [-0.3, -0.25) is 4.79 Å². The number of carbonyl (C=O) groups excluding carboxylic acids is 1. The van der Waals surface area contributed by atoms with E-state index in [2.05, 4.69) is 21.2 Å². The van der Waals surface area contributed by atoms with Gasteiger partial charge in [0.15, 0.2) is 0 Å². The maximum atomic E-state index is 13.0. The van der Waals surface area contributed by atoms with Gasteiger partial charge in [0.1, 0.15) is 4.21 Å². The van der Waals surface area contributed by atoms with Crippen LogP contribution in [0.15, 0.2) is 20.1 Å². The van der Waals surface area contributed by atoms with Crippen molar-refractivity contribution in [3.8, 4) is 0 Å². The summed E-state index contributed by atoms with van der Waals surface area (Å²) < 4.78 is 28.3. The number of sulfonamides is 1. The number of hydrogen-bond acceptors (Lipinski definition) is 4. The molecule has 8 heteroatoms. The molecule has 1 saturated heterocycles. The van der Waals surface area contributed by atoms with Crippen molar-refractivity contribution in [3.05, 3.63) is 15.9 Å². The van der Waals surface area contributed by atoms with Crippen molar-refractivity contribution in [2.75, 3.05) is 13.1 Å². The average Bonchev–Trinajstić information content (AvgIpc) is 3.07. The van der Waals surface area contributed by atoms with E-state index >= 15 is 0 Å². The molecule has 2 heterocycles. The summed E-state index contributed by atoms with van der Waals surface area (Å²) in [5.41, 5.74) is 0.0400. The van der Waals surface area contributed by atoms with Crippen molar-refractivity contribution in [3.63, 3.8) is 0 Å². The molecule has 0 radical (unpaired) electrons. The molecule has 4 saturated carbocycles. The van der Waals surface area contributed by atoms with Gasteiger partial charge in [-0.1, -0.05) is 0 Å². The number of halogens is 1. The van der Waals surface area contributed by atoms with Crippen LogP contribution in [0, 0.1) is 23.7 Å². The van der Waals surface area contributed by atoms with Gasteiger partial charge in [-0.25, -0.2) is 8.42 Å². The lowest BCUT2D eigenvalue weighted by Gasteiger charge is -2.57. The Morgan fingerprint density at radius 2 is 1.64 bits per heavy atom. The molecule has 5 fully saturated rings. The first-order valence-corrected chi connectivity index (χ1v) is 13.5. The van der Waals surface area contributed by atoms with E-state index < -0.39 is 10.0 Å². The van der Waals surface area contributed by atoms with Gasteiger partial charge in [0.2, 0.25) is 5.91 Å². The van der Waals surface area contributed by atoms with Crippen molar-refractivity contribution in [1.29, 1.82) is 0 Å². The number of carbonyl (C=O) groups is 1. The van der Waals surface area contributed by atoms with E-state index in [1.165, 1.54) is 30.6 Å². The highest BCUT2D eigenvalue weighted by atomic mass is 79.9. The summed E-state index contributed by atoms with van der Waals surface area (Å²) in [5, 5.41) is 3.47. The molecule has 1 aliphatic heterocycles. The molecule has 154 valence electrons. The van der Waals surface area contributed by atoms with Gasteiger partial charge < -0.3 is 5.32 Å². The Kier molecular flexibility index (Phi) is 4.92. The Morgan fingerprint density at radius 3 is 2.14 bits per heavy atom. The Morgan fingerprint density at radius 1 is 1.07 bits per heavy atom. The van der Waals surface area contributed by atoms with Crippen molar-refractivity contribution >= 4 is 43.2 Å². The third-order valence-corrected chi connectivity index (χ3v) is 11.4. The topological polar surface area (TPSA) is 66.5 Å². The van der Waals surface area contributed by atoms with E-state index in [-0.39, 0.29) is 17.4 Å². The molecule has 4 aliphatic carbocycles. The maximum absolute atomic E-state index is 13.0. The Hall–Kier alpha value is -0.440. The number of nitrogens with zero attached hydrogens (tertiary/aromatic N) is 1. The molecule has 1 aromatic heterocycles. The van der Waals surface area contributed by atoms with Crippen LogP contribution in [-0.4, -0.2) is 37.3 Å². The van der Waals surface area contributed by atoms with Gasteiger partial charge in [-0.2, -0.15) is 4.31 Å². The summed E-state index contributed by atoms with van der Waals surface area (Å²) in [6.07, 6.45) is 8.80. The zero-order chi connectivity index (χ0) is 19.5. The monoisotopic (exact) mass is 486 g/mol.